The lowest BCUT2D eigenvalue weighted by molar-refractivity contribution is 0.983. The van der Waals surface area contributed by atoms with E-state index in [0.29, 0.717) is 5.92 Å². The van der Waals surface area contributed by atoms with Gasteiger partial charge in [0.1, 0.15) is 0 Å². The molecule has 1 atom stereocenters. The molecule has 0 N–H and O–H groups in total. The van der Waals surface area contributed by atoms with Gasteiger partial charge < -0.3 is 0 Å². The van der Waals surface area contributed by atoms with E-state index in [1.54, 1.807) is 0 Å². The zero-order valence-corrected chi connectivity index (χ0v) is 5.81. The Labute approximate surface area is 55.6 Å². The van der Waals surface area contributed by atoms with Crippen LogP contribution in [0.15, 0.2) is 34.9 Å². The predicted molar refractivity (Wildman–Crippen MR) is 39.1 cm³/mol. The van der Waals surface area contributed by atoms with E-state index in [1.807, 2.05) is 0 Å². The summed E-state index contributed by atoms with van der Waals surface area (Å²) in [6.07, 6.45) is 6.80. The normalized spacial score (nSPS) is 30.0. The second-order valence-electron chi connectivity index (χ2n) is 2.81. The van der Waals surface area contributed by atoms with Gasteiger partial charge in [-0.2, -0.15) is 0 Å². The third kappa shape index (κ3) is 0.481. The van der Waals surface area contributed by atoms with Crippen LogP contribution in [0.25, 0.3) is 0 Å². The van der Waals surface area contributed by atoms with Crippen LogP contribution in [-0.4, -0.2) is 0 Å². The molecule has 0 amide bonds. The van der Waals surface area contributed by atoms with Crippen LogP contribution in [0.1, 0.15) is 13.8 Å². The van der Waals surface area contributed by atoms with E-state index in [9.17, 15) is 0 Å². The lowest BCUT2D eigenvalue weighted by atomic mass is 9.99. The van der Waals surface area contributed by atoms with Crippen molar-refractivity contribution in [1.82, 2.24) is 0 Å². The lowest BCUT2D eigenvalue weighted by Gasteiger charge is -2.06. The third-order valence-corrected chi connectivity index (χ3v) is 2.37. The van der Waals surface area contributed by atoms with Crippen LogP contribution in [-0.2, 0) is 0 Å². The first kappa shape index (κ1) is 5.04. The van der Waals surface area contributed by atoms with Crippen molar-refractivity contribution in [2.24, 2.45) is 5.92 Å². The maximum atomic E-state index is 2.32. The second-order valence-corrected chi connectivity index (χ2v) is 2.81. The van der Waals surface area contributed by atoms with Crippen molar-refractivity contribution in [3.8, 4) is 0 Å². The van der Waals surface area contributed by atoms with Crippen LogP contribution in [0.2, 0.25) is 0 Å². The fraction of sp³-hybridized carbons (Fsp3) is 0.333. The molecule has 0 aromatic carbocycles. The van der Waals surface area contributed by atoms with Crippen molar-refractivity contribution in [3.05, 3.63) is 34.9 Å². The van der Waals surface area contributed by atoms with E-state index in [4.69, 9.17) is 0 Å². The first-order chi connectivity index (χ1) is 4.29. The molecule has 0 aliphatic heterocycles. The molecular weight excluding hydrogens is 108 g/mol. The molecule has 0 aromatic heterocycles. The minimum Gasteiger partial charge on any atom is -0.0729 e. The van der Waals surface area contributed by atoms with E-state index in [-0.39, 0.29) is 0 Å². The molecule has 0 fully saturated rings. The summed E-state index contributed by atoms with van der Waals surface area (Å²) >= 11 is 0. The summed E-state index contributed by atoms with van der Waals surface area (Å²) < 4.78 is 0. The van der Waals surface area contributed by atoms with Gasteiger partial charge >= 0.3 is 0 Å². The Morgan fingerprint density at radius 1 is 1.33 bits per heavy atom. The molecule has 2 rings (SSSR count). The molecule has 2 aliphatic rings. The first-order valence-corrected chi connectivity index (χ1v) is 3.37. The highest BCUT2D eigenvalue weighted by atomic mass is 14.3. The summed E-state index contributed by atoms with van der Waals surface area (Å²) in [4.78, 5) is 0. The number of fused-ring (bicyclic) bond motifs is 1. The Bertz CT molecular complexity index is 239. The summed E-state index contributed by atoms with van der Waals surface area (Å²) in [6.45, 7) is 4.41. The fourth-order valence-electron chi connectivity index (χ4n) is 1.51. The van der Waals surface area contributed by atoms with Crippen molar-refractivity contribution >= 4 is 0 Å². The van der Waals surface area contributed by atoms with Crippen molar-refractivity contribution in [3.63, 3.8) is 0 Å². The SMILES string of the molecule is CC1=C(C)C2C=CC1=C2. The molecule has 2 aliphatic carbocycles. The van der Waals surface area contributed by atoms with Gasteiger partial charge in [0.15, 0.2) is 0 Å². The summed E-state index contributed by atoms with van der Waals surface area (Å²) in [5.74, 6) is 0.653. The smallest absolute Gasteiger partial charge is 0.0172 e. The minimum atomic E-state index is 0.653. The fourth-order valence-corrected chi connectivity index (χ4v) is 1.51. The predicted octanol–water partition coefficient (Wildman–Crippen LogP) is 2.45. The zero-order valence-electron chi connectivity index (χ0n) is 5.81. The van der Waals surface area contributed by atoms with E-state index in [2.05, 4.69) is 32.1 Å². The highest BCUT2D eigenvalue weighted by Crippen LogP contribution is 2.37. The van der Waals surface area contributed by atoms with Crippen LogP contribution in [0.4, 0.5) is 0 Å². The maximum absolute atomic E-state index is 2.32. The molecule has 0 radical (unpaired) electrons. The summed E-state index contributed by atoms with van der Waals surface area (Å²) in [6, 6.07) is 0. The van der Waals surface area contributed by atoms with Gasteiger partial charge in [-0.05, 0) is 25.0 Å². The second kappa shape index (κ2) is 1.38. The number of allylic oxidation sites excluding steroid dienone is 6. The van der Waals surface area contributed by atoms with Crippen LogP contribution in [0.5, 0.6) is 0 Å². The summed E-state index contributed by atoms with van der Waals surface area (Å²) in [7, 11) is 0. The average Bonchev–Trinajstić information content (AvgIpc) is 2.37. The first-order valence-electron chi connectivity index (χ1n) is 3.37. The molecule has 0 saturated carbocycles. The van der Waals surface area contributed by atoms with Gasteiger partial charge in [0.25, 0.3) is 0 Å². The Balaban J connectivity index is 2.52. The van der Waals surface area contributed by atoms with E-state index >= 15 is 0 Å². The molecule has 0 heteroatoms. The molecule has 0 saturated heterocycles. The van der Waals surface area contributed by atoms with E-state index in [0.717, 1.165) is 0 Å². The Morgan fingerprint density at radius 3 is 2.44 bits per heavy atom. The van der Waals surface area contributed by atoms with Gasteiger partial charge in [-0.1, -0.05) is 23.8 Å². The molecule has 9 heavy (non-hydrogen) atoms. The molecule has 0 spiro atoms. The van der Waals surface area contributed by atoms with Crippen LogP contribution in [0.3, 0.4) is 0 Å². The van der Waals surface area contributed by atoms with Gasteiger partial charge in [0.05, 0.1) is 0 Å². The van der Waals surface area contributed by atoms with Crippen molar-refractivity contribution < 1.29 is 0 Å². The van der Waals surface area contributed by atoms with Gasteiger partial charge in [0.2, 0.25) is 0 Å². The minimum absolute atomic E-state index is 0.653. The zero-order chi connectivity index (χ0) is 6.43. The van der Waals surface area contributed by atoms with E-state index < -0.39 is 0 Å². The Kier molecular flexibility index (Phi) is 0.774. The number of hydrogen-bond donors (Lipinski definition) is 0. The molecular formula is C9H10. The van der Waals surface area contributed by atoms with Crippen LogP contribution >= 0.6 is 0 Å². The maximum Gasteiger partial charge on any atom is 0.0172 e. The molecule has 0 heterocycles. The third-order valence-electron chi connectivity index (χ3n) is 2.37. The molecule has 2 bridgehead atoms. The van der Waals surface area contributed by atoms with Crippen molar-refractivity contribution in [2.75, 3.05) is 0 Å². The molecule has 0 aromatic rings. The van der Waals surface area contributed by atoms with Crippen molar-refractivity contribution in [1.29, 1.82) is 0 Å². The summed E-state index contributed by atoms with van der Waals surface area (Å²) in [5.41, 5.74) is 4.47. The average molecular weight is 118 g/mol. The van der Waals surface area contributed by atoms with Gasteiger partial charge in [-0.15, -0.1) is 0 Å². The van der Waals surface area contributed by atoms with Crippen LogP contribution < -0.4 is 0 Å². The van der Waals surface area contributed by atoms with Gasteiger partial charge in [0, 0.05) is 5.92 Å². The molecule has 46 valence electrons. The highest BCUT2D eigenvalue weighted by Gasteiger charge is 2.21. The largest absolute Gasteiger partial charge is 0.0729 e. The highest BCUT2D eigenvalue weighted by molar-refractivity contribution is 5.55. The number of hydrogen-bond acceptors (Lipinski definition) is 0. The standard InChI is InChI=1S/C9H10/c1-6-7(2)9-4-3-8(6)5-9/h3-5,8H,1-2H3. The van der Waals surface area contributed by atoms with E-state index in [1.165, 1.54) is 16.7 Å². The topological polar surface area (TPSA) is 0 Å². The quantitative estimate of drug-likeness (QED) is 0.458. The summed E-state index contributed by atoms with van der Waals surface area (Å²) in [5, 5.41) is 0. The number of rotatable bonds is 0. The molecule has 1 unspecified atom stereocenters. The Hall–Kier alpha value is -0.780. The lowest BCUT2D eigenvalue weighted by Crippen LogP contribution is -1.91. The van der Waals surface area contributed by atoms with Crippen molar-refractivity contribution in [2.45, 2.75) is 13.8 Å². The Morgan fingerprint density at radius 2 is 2.11 bits per heavy atom. The molecule has 0 nitrogen and oxygen atoms in total. The van der Waals surface area contributed by atoms with Crippen LogP contribution in [0, 0.1) is 5.92 Å². The van der Waals surface area contributed by atoms with Gasteiger partial charge in [-0.25, -0.2) is 0 Å². The van der Waals surface area contributed by atoms with Gasteiger partial charge in [-0.3, -0.25) is 0 Å². The monoisotopic (exact) mass is 118 g/mol.